The quantitative estimate of drug-likeness (QED) is 0.437. The lowest BCUT2D eigenvalue weighted by atomic mass is 10.1. The van der Waals surface area contributed by atoms with Crippen LogP contribution in [0.4, 0.5) is 4.79 Å². The number of hydrogen-bond acceptors (Lipinski definition) is 7. The number of ether oxygens (including phenoxy) is 3. The molecule has 0 spiro atoms. The molecule has 3 aromatic rings. The molecule has 1 N–H and O–H groups in total. The van der Waals surface area contributed by atoms with Crippen molar-refractivity contribution in [3.63, 3.8) is 0 Å². The van der Waals surface area contributed by atoms with Gasteiger partial charge in [-0.1, -0.05) is 6.58 Å². The zero-order chi connectivity index (χ0) is 27.8. The molecule has 4 heterocycles. The van der Waals surface area contributed by atoms with Crippen LogP contribution in [0.25, 0.3) is 28.2 Å². The van der Waals surface area contributed by atoms with Gasteiger partial charge in [0.1, 0.15) is 11.7 Å². The Kier molecular flexibility index (Phi) is 7.83. The maximum absolute atomic E-state index is 12.3. The molecule has 38 heavy (non-hydrogen) atoms. The van der Waals surface area contributed by atoms with Gasteiger partial charge in [0, 0.05) is 19.0 Å². The van der Waals surface area contributed by atoms with Crippen LogP contribution in [0.2, 0.25) is 0 Å². The Bertz CT molecular complexity index is 1330. The average molecular weight is 525 g/mol. The van der Waals surface area contributed by atoms with Crippen LogP contribution >= 0.6 is 0 Å². The first-order valence-electron chi connectivity index (χ1n) is 13.2. The van der Waals surface area contributed by atoms with Crippen molar-refractivity contribution in [3.8, 4) is 17.1 Å². The molecule has 10 heteroatoms. The molecular formula is C28H40N6O4. The summed E-state index contributed by atoms with van der Waals surface area (Å²) in [6.45, 7) is 17.9. The molecular weight excluding hydrogens is 484 g/mol. The fourth-order valence-corrected chi connectivity index (χ4v) is 4.73. The van der Waals surface area contributed by atoms with Crippen LogP contribution in [0.5, 0.6) is 5.88 Å². The van der Waals surface area contributed by atoms with E-state index in [9.17, 15) is 4.79 Å². The second-order valence-corrected chi connectivity index (χ2v) is 11.0. The number of aryl methyl sites for hydroxylation is 3. The minimum absolute atomic E-state index is 0.106. The van der Waals surface area contributed by atoms with Crippen molar-refractivity contribution in [2.45, 2.75) is 91.7 Å². The first-order chi connectivity index (χ1) is 17.9. The Balaban J connectivity index is 1.68. The third-order valence-corrected chi connectivity index (χ3v) is 6.68. The zero-order valence-electron chi connectivity index (χ0n) is 23.8. The SMILES string of the molecule is C=Cc1nn(C2CCCCO2)c2c(C)nc(-c3c(C)nn(C)c3OC(C)[C@@H](C)NC(=O)OC(C)(C)C)cc12. The Morgan fingerprint density at radius 3 is 2.61 bits per heavy atom. The Morgan fingerprint density at radius 1 is 1.24 bits per heavy atom. The summed E-state index contributed by atoms with van der Waals surface area (Å²) in [7, 11) is 1.84. The van der Waals surface area contributed by atoms with Crippen LogP contribution in [-0.2, 0) is 16.5 Å². The zero-order valence-corrected chi connectivity index (χ0v) is 23.8. The van der Waals surface area contributed by atoms with Gasteiger partial charge < -0.3 is 19.5 Å². The average Bonchev–Trinajstić information content (AvgIpc) is 3.34. The number of rotatable bonds is 7. The highest BCUT2D eigenvalue weighted by Gasteiger charge is 2.27. The summed E-state index contributed by atoms with van der Waals surface area (Å²) in [6, 6.07) is 1.71. The van der Waals surface area contributed by atoms with Crippen LogP contribution in [0.1, 0.15) is 77.2 Å². The van der Waals surface area contributed by atoms with E-state index in [0.29, 0.717) is 5.88 Å². The molecule has 0 saturated carbocycles. The van der Waals surface area contributed by atoms with E-state index in [1.165, 1.54) is 0 Å². The monoisotopic (exact) mass is 524 g/mol. The van der Waals surface area contributed by atoms with E-state index in [4.69, 9.17) is 24.3 Å². The highest BCUT2D eigenvalue weighted by atomic mass is 16.6. The van der Waals surface area contributed by atoms with Gasteiger partial charge in [0.25, 0.3) is 0 Å². The molecule has 206 valence electrons. The molecule has 1 aliphatic rings. The number of hydrogen-bond donors (Lipinski definition) is 1. The van der Waals surface area contributed by atoms with Gasteiger partial charge in [-0.3, -0.25) is 4.98 Å². The molecule has 4 rings (SSSR count). The van der Waals surface area contributed by atoms with Crippen LogP contribution in [0.3, 0.4) is 0 Å². The Morgan fingerprint density at radius 2 is 1.97 bits per heavy atom. The summed E-state index contributed by atoms with van der Waals surface area (Å²) in [5, 5.41) is 13.3. The topological polar surface area (TPSA) is 105 Å². The van der Waals surface area contributed by atoms with Gasteiger partial charge >= 0.3 is 6.09 Å². The maximum Gasteiger partial charge on any atom is 0.407 e. The molecule has 1 saturated heterocycles. The smallest absolute Gasteiger partial charge is 0.407 e. The molecule has 3 atom stereocenters. The molecule has 1 aliphatic heterocycles. The molecule has 1 amide bonds. The molecule has 0 aromatic carbocycles. The summed E-state index contributed by atoms with van der Waals surface area (Å²) in [4.78, 5) is 17.3. The normalized spacial score (nSPS) is 17.7. The molecule has 2 unspecified atom stereocenters. The molecule has 3 aromatic heterocycles. The van der Waals surface area contributed by atoms with Gasteiger partial charge in [0.05, 0.1) is 39.9 Å². The predicted molar refractivity (Wildman–Crippen MR) is 147 cm³/mol. The third kappa shape index (κ3) is 5.70. The summed E-state index contributed by atoms with van der Waals surface area (Å²) in [5.41, 5.74) is 4.32. The van der Waals surface area contributed by atoms with Crippen molar-refractivity contribution < 1.29 is 19.0 Å². The summed E-state index contributed by atoms with van der Waals surface area (Å²) >= 11 is 0. The first kappa shape index (κ1) is 27.6. The van der Waals surface area contributed by atoms with Crippen LogP contribution in [0.15, 0.2) is 12.6 Å². The van der Waals surface area contributed by atoms with Gasteiger partial charge in [0.2, 0.25) is 5.88 Å². The number of amides is 1. The first-order valence-corrected chi connectivity index (χ1v) is 13.2. The number of carbonyl (C=O) groups excluding carboxylic acids is 1. The van der Waals surface area contributed by atoms with Crippen LogP contribution in [0, 0.1) is 13.8 Å². The van der Waals surface area contributed by atoms with Crippen LogP contribution in [-0.4, -0.2) is 55.0 Å². The Labute approximate surface area is 224 Å². The molecule has 0 aliphatic carbocycles. The molecule has 0 radical (unpaired) electrons. The van der Waals surface area contributed by atoms with Gasteiger partial charge in [-0.05, 0) is 79.9 Å². The van der Waals surface area contributed by atoms with E-state index in [1.54, 1.807) is 10.8 Å². The Hall–Kier alpha value is -3.40. The number of nitrogens with one attached hydrogen (secondary N) is 1. The van der Waals surface area contributed by atoms with E-state index in [0.717, 1.165) is 65.1 Å². The fraction of sp³-hybridized carbons (Fsp3) is 0.571. The largest absolute Gasteiger partial charge is 0.472 e. The number of alkyl carbamates (subject to hydrolysis) is 1. The highest BCUT2D eigenvalue weighted by Crippen LogP contribution is 2.37. The summed E-state index contributed by atoms with van der Waals surface area (Å²) in [6.07, 6.45) is 3.90. The van der Waals surface area contributed by atoms with E-state index in [2.05, 4.69) is 17.0 Å². The minimum atomic E-state index is -0.580. The summed E-state index contributed by atoms with van der Waals surface area (Å²) < 4.78 is 21.5. The maximum atomic E-state index is 12.3. The lowest BCUT2D eigenvalue weighted by Crippen LogP contribution is -2.44. The number of fused-ring (bicyclic) bond motifs is 1. The molecule has 1 fully saturated rings. The fourth-order valence-electron chi connectivity index (χ4n) is 4.73. The van der Waals surface area contributed by atoms with Crippen molar-refractivity contribution in [1.82, 2.24) is 29.9 Å². The van der Waals surface area contributed by atoms with Gasteiger partial charge in [-0.25, -0.2) is 14.2 Å². The lowest BCUT2D eigenvalue weighted by molar-refractivity contribution is -0.0368. The number of aromatic nitrogens is 5. The van der Waals surface area contributed by atoms with Crippen LogP contribution < -0.4 is 10.1 Å². The minimum Gasteiger partial charge on any atom is -0.472 e. The molecule has 10 nitrogen and oxygen atoms in total. The second kappa shape index (κ2) is 10.8. The van der Waals surface area contributed by atoms with E-state index in [-0.39, 0.29) is 18.4 Å². The van der Waals surface area contributed by atoms with E-state index >= 15 is 0 Å². The second-order valence-electron chi connectivity index (χ2n) is 11.0. The van der Waals surface area contributed by atoms with Crippen molar-refractivity contribution in [3.05, 3.63) is 29.7 Å². The number of nitrogens with zero attached hydrogens (tertiary/aromatic N) is 5. The lowest BCUT2D eigenvalue weighted by Gasteiger charge is -2.25. The number of carbonyl (C=O) groups is 1. The van der Waals surface area contributed by atoms with Crippen molar-refractivity contribution in [2.75, 3.05) is 6.61 Å². The standard InChI is InChI=1S/C28H40N6O4/c1-10-21-20-15-22(29-18(4)25(20)34(32-21)23-13-11-12-14-36-23)24-17(3)31-33(9)26(24)37-19(5)16(2)30-27(35)38-28(6,7)8/h10,15-16,19,23H,1,11-14H2,2-9H3,(H,30,35)/t16-,19?,23?/m1/s1. The highest BCUT2D eigenvalue weighted by molar-refractivity contribution is 5.92. The summed E-state index contributed by atoms with van der Waals surface area (Å²) in [5.74, 6) is 0.572. The van der Waals surface area contributed by atoms with Gasteiger partial charge in [0.15, 0.2) is 6.23 Å². The van der Waals surface area contributed by atoms with E-state index in [1.807, 2.05) is 66.3 Å². The van der Waals surface area contributed by atoms with Crippen molar-refractivity contribution in [2.24, 2.45) is 7.05 Å². The van der Waals surface area contributed by atoms with E-state index < -0.39 is 11.7 Å². The number of pyridine rings is 1. The van der Waals surface area contributed by atoms with Crippen molar-refractivity contribution in [1.29, 1.82) is 0 Å². The molecule has 0 bridgehead atoms. The van der Waals surface area contributed by atoms with Gasteiger partial charge in [-0.2, -0.15) is 10.2 Å². The third-order valence-electron chi connectivity index (χ3n) is 6.68. The van der Waals surface area contributed by atoms with Gasteiger partial charge in [-0.15, -0.1) is 0 Å². The van der Waals surface area contributed by atoms with Crippen molar-refractivity contribution >= 4 is 23.1 Å². The predicted octanol–water partition coefficient (Wildman–Crippen LogP) is 5.47.